The molecule has 0 aliphatic heterocycles. The minimum absolute atomic E-state index is 0.708. The summed E-state index contributed by atoms with van der Waals surface area (Å²) >= 11 is 0. The standard InChI is InChI=1S/C18H17NO/c20-13-15-4-6-16(7-5-15)17-8-10-18(11-9-17)19-12-14-2-1-3-14/h4-13,19H,1-3H2. The van der Waals surface area contributed by atoms with Crippen LogP contribution in [0.1, 0.15) is 29.6 Å². The van der Waals surface area contributed by atoms with Crippen LogP contribution < -0.4 is 5.32 Å². The fraction of sp³-hybridized carbons (Fsp3) is 0.167. The number of hydrogen-bond acceptors (Lipinski definition) is 2. The lowest BCUT2D eigenvalue weighted by molar-refractivity contribution is 0.112. The van der Waals surface area contributed by atoms with Gasteiger partial charge in [-0.3, -0.25) is 4.79 Å². The molecule has 1 fully saturated rings. The number of benzene rings is 2. The van der Waals surface area contributed by atoms with Gasteiger partial charge in [0.2, 0.25) is 0 Å². The number of carbonyl (C=O) groups is 1. The molecule has 0 heterocycles. The Labute approximate surface area is 119 Å². The summed E-state index contributed by atoms with van der Waals surface area (Å²) in [4.78, 5) is 10.6. The quantitative estimate of drug-likeness (QED) is 0.814. The summed E-state index contributed by atoms with van der Waals surface area (Å²) in [5.41, 5.74) is 5.60. The van der Waals surface area contributed by atoms with Crippen molar-refractivity contribution in [3.63, 3.8) is 0 Å². The van der Waals surface area contributed by atoms with Gasteiger partial charge in [0.15, 0.2) is 0 Å². The number of carbonyl (C=O) groups excluding carboxylic acids is 1. The summed E-state index contributed by atoms with van der Waals surface area (Å²) in [6.07, 6.45) is 6.77. The van der Waals surface area contributed by atoms with Crippen LogP contribution in [0.25, 0.3) is 11.1 Å². The van der Waals surface area contributed by atoms with Crippen LogP contribution in [0.4, 0.5) is 5.69 Å². The van der Waals surface area contributed by atoms with Crippen LogP contribution in [0, 0.1) is 0 Å². The van der Waals surface area contributed by atoms with Gasteiger partial charge in [-0.05, 0) is 42.5 Å². The van der Waals surface area contributed by atoms with Crippen molar-refractivity contribution in [1.82, 2.24) is 0 Å². The predicted octanol–water partition coefficient (Wildman–Crippen LogP) is 4.65. The van der Waals surface area contributed by atoms with Crippen LogP contribution in [0.15, 0.2) is 60.3 Å². The minimum atomic E-state index is 0.708. The molecule has 0 bridgehead atoms. The lowest BCUT2D eigenvalue weighted by atomic mass is 9.93. The molecule has 1 aliphatic rings. The maximum absolute atomic E-state index is 10.6. The van der Waals surface area contributed by atoms with Gasteiger partial charge in [0.05, 0.1) is 0 Å². The summed E-state index contributed by atoms with van der Waals surface area (Å²) < 4.78 is 0. The number of aldehydes is 1. The van der Waals surface area contributed by atoms with E-state index in [0.29, 0.717) is 5.56 Å². The Morgan fingerprint density at radius 2 is 1.45 bits per heavy atom. The van der Waals surface area contributed by atoms with Gasteiger partial charge in [-0.1, -0.05) is 42.0 Å². The van der Waals surface area contributed by atoms with E-state index in [1.54, 1.807) is 0 Å². The normalized spacial score (nSPS) is 13.5. The van der Waals surface area contributed by atoms with Crippen molar-refractivity contribution in [1.29, 1.82) is 0 Å². The predicted molar refractivity (Wildman–Crippen MR) is 82.8 cm³/mol. The number of anilines is 1. The van der Waals surface area contributed by atoms with Gasteiger partial charge in [-0.15, -0.1) is 0 Å². The van der Waals surface area contributed by atoms with Gasteiger partial charge in [0.25, 0.3) is 0 Å². The second-order valence-corrected chi connectivity index (χ2v) is 5.12. The van der Waals surface area contributed by atoms with Crippen molar-refractivity contribution in [3.8, 4) is 11.1 Å². The number of nitrogens with one attached hydrogen (secondary N) is 1. The number of hydrogen-bond donors (Lipinski definition) is 1. The molecule has 1 saturated carbocycles. The first-order chi connectivity index (χ1) is 9.85. The van der Waals surface area contributed by atoms with E-state index in [1.165, 1.54) is 24.8 Å². The molecule has 0 unspecified atom stereocenters. The van der Waals surface area contributed by atoms with Crippen LogP contribution in [0.2, 0.25) is 0 Å². The average Bonchev–Trinajstić information content (AvgIpc) is 2.46. The smallest absolute Gasteiger partial charge is 0.150 e. The Morgan fingerprint density at radius 3 is 1.95 bits per heavy atom. The van der Waals surface area contributed by atoms with Crippen molar-refractivity contribution < 1.29 is 4.79 Å². The number of rotatable bonds is 4. The zero-order valence-corrected chi connectivity index (χ0v) is 11.3. The lowest BCUT2D eigenvalue weighted by Gasteiger charge is -2.16. The van der Waals surface area contributed by atoms with E-state index in [-0.39, 0.29) is 0 Å². The zero-order chi connectivity index (χ0) is 13.8. The molecule has 0 amide bonds. The highest BCUT2D eigenvalue weighted by Crippen LogP contribution is 2.26. The maximum Gasteiger partial charge on any atom is 0.150 e. The summed E-state index contributed by atoms with van der Waals surface area (Å²) in [7, 11) is 0. The molecule has 0 radical (unpaired) electrons. The van der Waals surface area contributed by atoms with Gasteiger partial charge in [-0.2, -0.15) is 0 Å². The second kappa shape index (κ2) is 5.74. The molecule has 2 aromatic rings. The van der Waals surface area contributed by atoms with E-state index >= 15 is 0 Å². The lowest BCUT2D eigenvalue weighted by Crippen LogP contribution is -2.00. The maximum atomic E-state index is 10.6. The molecule has 0 saturated heterocycles. The molecule has 0 atom stereocenters. The Morgan fingerprint density at radius 1 is 0.850 bits per heavy atom. The topological polar surface area (TPSA) is 29.1 Å². The molecule has 1 N–H and O–H groups in total. The summed E-state index contributed by atoms with van der Waals surface area (Å²) in [6.45, 7) is 0. The van der Waals surface area contributed by atoms with Gasteiger partial charge in [0.1, 0.15) is 6.29 Å². The summed E-state index contributed by atoms with van der Waals surface area (Å²) in [6, 6.07) is 16.0. The minimum Gasteiger partial charge on any atom is -0.362 e. The van der Waals surface area contributed by atoms with E-state index in [0.717, 1.165) is 23.1 Å². The molecule has 3 rings (SSSR count). The molecule has 1 aliphatic carbocycles. The third kappa shape index (κ3) is 2.80. The van der Waals surface area contributed by atoms with Crippen molar-refractivity contribution in [2.75, 3.05) is 5.32 Å². The average molecular weight is 263 g/mol. The first kappa shape index (κ1) is 12.7. The third-order valence-corrected chi connectivity index (χ3v) is 3.70. The molecule has 2 aromatic carbocycles. The monoisotopic (exact) mass is 263 g/mol. The van der Waals surface area contributed by atoms with Crippen molar-refractivity contribution in [2.24, 2.45) is 0 Å². The highest BCUT2D eigenvalue weighted by molar-refractivity contribution is 5.77. The second-order valence-electron chi connectivity index (χ2n) is 5.12. The largest absolute Gasteiger partial charge is 0.362 e. The molecule has 2 heteroatoms. The van der Waals surface area contributed by atoms with Gasteiger partial charge >= 0.3 is 0 Å². The van der Waals surface area contributed by atoms with Crippen LogP contribution in [0.3, 0.4) is 0 Å². The molecule has 20 heavy (non-hydrogen) atoms. The highest BCUT2D eigenvalue weighted by Gasteiger charge is 2.07. The van der Waals surface area contributed by atoms with Crippen molar-refractivity contribution in [2.45, 2.75) is 19.3 Å². The van der Waals surface area contributed by atoms with Gasteiger partial charge in [0, 0.05) is 17.5 Å². The van der Waals surface area contributed by atoms with Gasteiger partial charge < -0.3 is 5.32 Å². The molecular formula is C18H17NO. The highest BCUT2D eigenvalue weighted by atomic mass is 16.1. The van der Waals surface area contributed by atoms with Crippen LogP contribution in [0.5, 0.6) is 0 Å². The first-order valence-electron chi connectivity index (χ1n) is 6.95. The van der Waals surface area contributed by atoms with Crippen LogP contribution >= 0.6 is 0 Å². The number of allylic oxidation sites excluding steroid dienone is 1. The van der Waals surface area contributed by atoms with E-state index in [9.17, 15) is 4.79 Å². The molecule has 100 valence electrons. The van der Waals surface area contributed by atoms with Gasteiger partial charge in [-0.25, -0.2) is 0 Å². The van der Waals surface area contributed by atoms with Crippen LogP contribution in [-0.4, -0.2) is 6.29 Å². The zero-order valence-electron chi connectivity index (χ0n) is 11.3. The van der Waals surface area contributed by atoms with Crippen molar-refractivity contribution in [3.05, 3.63) is 65.9 Å². The molecule has 2 nitrogen and oxygen atoms in total. The van der Waals surface area contributed by atoms with E-state index in [1.807, 2.05) is 24.3 Å². The first-order valence-corrected chi connectivity index (χ1v) is 6.95. The molecule has 0 spiro atoms. The summed E-state index contributed by atoms with van der Waals surface area (Å²) in [5, 5.41) is 3.34. The van der Waals surface area contributed by atoms with Crippen LogP contribution in [-0.2, 0) is 0 Å². The fourth-order valence-corrected chi connectivity index (χ4v) is 2.22. The Bertz CT molecular complexity index is 617. The van der Waals surface area contributed by atoms with Crippen molar-refractivity contribution >= 4 is 12.0 Å². The van der Waals surface area contributed by atoms with E-state index in [4.69, 9.17) is 0 Å². The molecule has 0 aromatic heterocycles. The Kier molecular flexibility index (Phi) is 3.64. The Balaban J connectivity index is 1.72. The fourth-order valence-electron chi connectivity index (χ4n) is 2.22. The SMILES string of the molecule is O=Cc1ccc(-c2ccc(NC=C3CCC3)cc2)cc1. The molecular weight excluding hydrogens is 246 g/mol. The van der Waals surface area contributed by atoms with E-state index < -0.39 is 0 Å². The van der Waals surface area contributed by atoms with E-state index in [2.05, 4.69) is 35.8 Å². The Hall–Kier alpha value is -2.35. The summed E-state index contributed by atoms with van der Waals surface area (Å²) in [5.74, 6) is 0. The third-order valence-electron chi connectivity index (χ3n) is 3.70.